The molecular formula is C18H18N2O3S2. The molecule has 0 bridgehead atoms. The quantitative estimate of drug-likeness (QED) is 0.746. The fourth-order valence-corrected chi connectivity index (χ4v) is 4.28. The molecule has 0 aliphatic heterocycles. The number of nitrogens with zero attached hydrogens (tertiary/aromatic N) is 1. The molecular weight excluding hydrogens is 356 g/mol. The second kappa shape index (κ2) is 6.95. The summed E-state index contributed by atoms with van der Waals surface area (Å²) in [6.45, 7) is 0.194. The van der Waals surface area contributed by atoms with Gasteiger partial charge in [-0.15, -0.1) is 11.3 Å². The molecule has 0 unspecified atom stereocenters. The number of carbonyl (C=O) groups excluding carboxylic acids is 1. The van der Waals surface area contributed by atoms with Crippen molar-refractivity contribution in [3.8, 4) is 0 Å². The molecule has 25 heavy (non-hydrogen) atoms. The Balaban J connectivity index is 1.79. The normalized spacial score (nSPS) is 11.6. The van der Waals surface area contributed by atoms with Crippen molar-refractivity contribution < 1.29 is 13.2 Å². The molecule has 3 rings (SSSR count). The van der Waals surface area contributed by atoms with Crippen molar-refractivity contribution >= 4 is 37.4 Å². The first-order chi connectivity index (χ1) is 11.9. The molecule has 1 heterocycles. The van der Waals surface area contributed by atoms with E-state index in [0.717, 1.165) is 10.9 Å². The summed E-state index contributed by atoms with van der Waals surface area (Å²) in [6.07, 6.45) is 0. The number of carbonyl (C=O) groups is 1. The summed E-state index contributed by atoms with van der Waals surface area (Å²) in [5.74, 6) is -0.236. The van der Waals surface area contributed by atoms with Gasteiger partial charge in [0.05, 0.1) is 4.90 Å². The Morgan fingerprint density at radius 2 is 1.92 bits per heavy atom. The van der Waals surface area contributed by atoms with Crippen molar-refractivity contribution in [2.75, 3.05) is 14.1 Å². The van der Waals surface area contributed by atoms with E-state index in [1.54, 1.807) is 37.6 Å². The fraction of sp³-hybridized carbons (Fsp3) is 0.167. The molecule has 0 aliphatic carbocycles. The maximum atomic E-state index is 12.5. The number of hydrogen-bond donors (Lipinski definition) is 1. The van der Waals surface area contributed by atoms with E-state index in [1.165, 1.54) is 21.7 Å². The van der Waals surface area contributed by atoms with Gasteiger partial charge in [-0.3, -0.25) is 4.79 Å². The predicted molar refractivity (Wildman–Crippen MR) is 100 cm³/mol. The van der Waals surface area contributed by atoms with E-state index >= 15 is 0 Å². The number of nitrogens with one attached hydrogen (secondary N) is 1. The van der Waals surface area contributed by atoms with E-state index in [0.29, 0.717) is 5.56 Å². The van der Waals surface area contributed by atoms with E-state index in [-0.39, 0.29) is 17.3 Å². The van der Waals surface area contributed by atoms with Crippen molar-refractivity contribution in [1.29, 1.82) is 0 Å². The zero-order valence-electron chi connectivity index (χ0n) is 13.9. The minimum atomic E-state index is -3.70. The van der Waals surface area contributed by atoms with E-state index in [2.05, 4.69) is 4.72 Å². The van der Waals surface area contributed by atoms with Crippen LogP contribution in [0.5, 0.6) is 0 Å². The topological polar surface area (TPSA) is 66.5 Å². The van der Waals surface area contributed by atoms with E-state index in [1.807, 2.05) is 29.6 Å². The minimum Gasteiger partial charge on any atom is -0.345 e. The average Bonchev–Trinajstić information content (AvgIpc) is 3.07. The van der Waals surface area contributed by atoms with Crippen molar-refractivity contribution in [3.63, 3.8) is 0 Å². The van der Waals surface area contributed by atoms with Crippen LogP contribution in [-0.2, 0) is 16.6 Å². The Hall–Kier alpha value is -2.22. The van der Waals surface area contributed by atoms with Gasteiger partial charge >= 0.3 is 0 Å². The Morgan fingerprint density at radius 1 is 1.12 bits per heavy atom. The van der Waals surface area contributed by atoms with E-state index in [9.17, 15) is 13.2 Å². The van der Waals surface area contributed by atoms with Crippen LogP contribution < -0.4 is 4.72 Å². The summed E-state index contributed by atoms with van der Waals surface area (Å²) in [5, 5.41) is 3.10. The van der Waals surface area contributed by atoms with Crippen molar-refractivity contribution in [1.82, 2.24) is 9.62 Å². The highest BCUT2D eigenvalue weighted by atomic mass is 32.2. The van der Waals surface area contributed by atoms with Crippen LogP contribution in [0.2, 0.25) is 0 Å². The van der Waals surface area contributed by atoms with Gasteiger partial charge in [0.1, 0.15) is 0 Å². The maximum absolute atomic E-state index is 12.5. The van der Waals surface area contributed by atoms with Crippen molar-refractivity contribution in [2.45, 2.75) is 11.4 Å². The number of rotatable bonds is 5. The molecule has 2 aromatic carbocycles. The molecule has 0 fully saturated rings. The predicted octanol–water partition coefficient (Wildman–Crippen LogP) is 3.08. The number of amides is 1. The zero-order valence-corrected chi connectivity index (χ0v) is 15.5. The summed E-state index contributed by atoms with van der Waals surface area (Å²) in [6, 6.07) is 13.9. The first kappa shape index (κ1) is 17.6. The molecule has 1 N–H and O–H groups in total. The van der Waals surface area contributed by atoms with Crippen molar-refractivity contribution in [3.05, 3.63) is 65.0 Å². The Bertz CT molecular complexity index is 1020. The number of hydrogen-bond acceptors (Lipinski definition) is 4. The van der Waals surface area contributed by atoms with Crippen molar-refractivity contribution in [2.24, 2.45) is 0 Å². The van der Waals surface area contributed by atoms with Gasteiger partial charge in [-0.05, 0) is 52.7 Å². The molecule has 3 aromatic rings. The Kier molecular flexibility index (Phi) is 4.89. The summed E-state index contributed by atoms with van der Waals surface area (Å²) in [5.41, 5.74) is 1.22. The van der Waals surface area contributed by atoms with Crippen LogP contribution >= 0.6 is 11.3 Å². The van der Waals surface area contributed by atoms with Gasteiger partial charge < -0.3 is 4.90 Å². The molecule has 1 amide bonds. The third kappa shape index (κ3) is 3.89. The molecule has 0 saturated carbocycles. The van der Waals surface area contributed by atoms with Crippen LogP contribution in [0.15, 0.2) is 58.8 Å². The van der Waals surface area contributed by atoms with E-state index < -0.39 is 10.0 Å². The van der Waals surface area contributed by atoms with Gasteiger partial charge in [0.2, 0.25) is 10.0 Å². The maximum Gasteiger partial charge on any atom is 0.253 e. The molecule has 0 aliphatic rings. The lowest BCUT2D eigenvalue weighted by atomic mass is 10.2. The van der Waals surface area contributed by atoms with Gasteiger partial charge in [0, 0.05) is 30.9 Å². The van der Waals surface area contributed by atoms with Gasteiger partial charge in [-0.25, -0.2) is 13.1 Å². The van der Waals surface area contributed by atoms with Gasteiger partial charge in [0.25, 0.3) is 5.91 Å². The molecule has 0 saturated heterocycles. The number of thiophene rings is 1. The average molecular weight is 374 g/mol. The van der Waals surface area contributed by atoms with Crippen LogP contribution in [0, 0.1) is 0 Å². The monoisotopic (exact) mass is 374 g/mol. The zero-order chi connectivity index (χ0) is 18.0. The smallest absolute Gasteiger partial charge is 0.253 e. The Labute approximate surface area is 151 Å². The SMILES string of the molecule is CN(C)C(=O)c1cccc(S(=O)(=O)NCc2ccc3sccc3c2)c1. The molecule has 1 aromatic heterocycles. The fourth-order valence-electron chi connectivity index (χ4n) is 2.44. The Morgan fingerprint density at radius 3 is 2.68 bits per heavy atom. The number of fused-ring (bicyclic) bond motifs is 1. The van der Waals surface area contributed by atoms with E-state index in [4.69, 9.17) is 0 Å². The van der Waals surface area contributed by atoms with Gasteiger partial charge in [0.15, 0.2) is 0 Å². The van der Waals surface area contributed by atoms with Crippen LogP contribution in [0.25, 0.3) is 10.1 Å². The van der Waals surface area contributed by atoms with Crippen LogP contribution in [-0.4, -0.2) is 33.3 Å². The second-order valence-electron chi connectivity index (χ2n) is 5.84. The first-order valence-corrected chi connectivity index (χ1v) is 10.0. The standard InChI is InChI=1S/C18H18N2O3S2/c1-20(2)18(21)15-4-3-5-16(11-15)25(22,23)19-12-13-6-7-17-14(10-13)8-9-24-17/h3-11,19H,12H2,1-2H3. The number of sulfonamides is 1. The lowest BCUT2D eigenvalue weighted by Gasteiger charge is -2.12. The lowest BCUT2D eigenvalue weighted by Crippen LogP contribution is -2.25. The molecule has 130 valence electrons. The largest absolute Gasteiger partial charge is 0.345 e. The first-order valence-electron chi connectivity index (χ1n) is 7.64. The number of benzene rings is 2. The van der Waals surface area contributed by atoms with Gasteiger partial charge in [-0.1, -0.05) is 12.1 Å². The molecule has 0 radical (unpaired) electrons. The van der Waals surface area contributed by atoms with Gasteiger partial charge in [-0.2, -0.15) is 0 Å². The molecule has 0 spiro atoms. The summed E-state index contributed by atoms with van der Waals surface area (Å²) in [4.78, 5) is 13.5. The highest BCUT2D eigenvalue weighted by Gasteiger charge is 2.17. The van der Waals surface area contributed by atoms with Crippen LogP contribution in [0.1, 0.15) is 15.9 Å². The third-order valence-electron chi connectivity index (χ3n) is 3.78. The highest BCUT2D eigenvalue weighted by molar-refractivity contribution is 7.89. The summed E-state index contributed by atoms with van der Waals surface area (Å²) in [7, 11) is -0.444. The highest BCUT2D eigenvalue weighted by Crippen LogP contribution is 2.22. The van der Waals surface area contributed by atoms with Crippen LogP contribution in [0.3, 0.4) is 0 Å². The lowest BCUT2D eigenvalue weighted by molar-refractivity contribution is 0.0827. The molecule has 0 atom stereocenters. The summed E-state index contributed by atoms with van der Waals surface area (Å²) >= 11 is 1.65. The second-order valence-corrected chi connectivity index (χ2v) is 8.56. The molecule has 7 heteroatoms. The third-order valence-corrected chi connectivity index (χ3v) is 6.08. The summed E-state index contributed by atoms with van der Waals surface area (Å²) < 4.78 is 28.8. The minimum absolute atomic E-state index is 0.0804. The molecule has 5 nitrogen and oxygen atoms in total. The van der Waals surface area contributed by atoms with Crippen LogP contribution in [0.4, 0.5) is 0 Å².